The van der Waals surface area contributed by atoms with Crippen LogP contribution >= 0.6 is 0 Å². The van der Waals surface area contributed by atoms with Crippen LogP contribution < -0.4 is 9.47 Å². The van der Waals surface area contributed by atoms with Crippen molar-refractivity contribution in [1.29, 1.82) is 0 Å². The maximum absolute atomic E-state index is 14.8. The summed E-state index contributed by atoms with van der Waals surface area (Å²) in [6.07, 6.45) is 14.7. The number of unbranched alkanes of at least 4 members (excludes halogenated alkanes) is 2. The smallest absolute Gasteiger partial charge is 0.204 e. The van der Waals surface area contributed by atoms with Crippen molar-refractivity contribution in [3.05, 3.63) is 35.9 Å². The van der Waals surface area contributed by atoms with Crippen LogP contribution in [0, 0.1) is 35.3 Å². The van der Waals surface area contributed by atoms with E-state index in [0.717, 1.165) is 18.8 Å². The second-order valence-corrected chi connectivity index (χ2v) is 10.7. The van der Waals surface area contributed by atoms with Gasteiger partial charge in [0.15, 0.2) is 17.7 Å². The molecule has 36 heavy (non-hydrogen) atoms. The molecule has 0 aromatic heterocycles. The molecule has 204 valence electrons. The Morgan fingerprint density at radius 1 is 0.806 bits per heavy atom. The molecule has 0 bridgehead atoms. The fraction of sp³-hybridized carbons (Fsp3) is 0.733. The molecular weight excluding hydrogens is 468 g/mol. The molecule has 6 heteroatoms. The highest BCUT2D eigenvalue weighted by Gasteiger charge is 2.33. The lowest BCUT2D eigenvalue weighted by molar-refractivity contribution is 0.0514. The average Bonchev–Trinajstić information content (AvgIpc) is 2.90. The van der Waals surface area contributed by atoms with Gasteiger partial charge in [0.25, 0.3) is 0 Å². The number of hydrogen-bond acceptors (Lipinski definition) is 2. The molecule has 2 atom stereocenters. The summed E-state index contributed by atoms with van der Waals surface area (Å²) in [5, 5.41) is 0. The van der Waals surface area contributed by atoms with E-state index in [9.17, 15) is 17.6 Å². The van der Waals surface area contributed by atoms with E-state index in [-0.39, 0.29) is 18.3 Å². The van der Waals surface area contributed by atoms with Crippen LogP contribution in [0.4, 0.5) is 17.6 Å². The van der Waals surface area contributed by atoms with E-state index in [1.165, 1.54) is 63.5 Å². The SMILES string of the molecule is CCCCCC1CCC(C=CC2CCC(C(F)C(F)COc3ccc(OCC)c(F)c3F)CC2)CC1. The van der Waals surface area contributed by atoms with Crippen molar-refractivity contribution in [1.82, 2.24) is 0 Å². The molecule has 1 aromatic carbocycles. The minimum Gasteiger partial charge on any atom is -0.491 e. The van der Waals surface area contributed by atoms with E-state index < -0.39 is 36.3 Å². The zero-order valence-electron chi connectivity index (χ0n) is 22.0. The van der Waals surface area contributed by atoms with Gasteiger partial charge in [-0.05, 0) is 94.1 Å². The van der Waals surface area contributed by atoms with E-state index in [2.05, 4.69) is 19.1 Å². The second kappa shape index (κ2) is 14.9. The zero-order valence-corrected chi connectivity index (χ0v) is 22.0. The minimum absolute atomic E-state index is 0.185. The summed E-state index contributed by atoms with van der Waals surface area (Å²) in [6, 6.07) is 2.41. The summed E-state index contributed by atoms with van der Waals surface area (Å²) < 4.78 is 67.5. The highest BCUT2D eigenvalue weighted by atomic mass is 19.2. The molecule has 0 amide bonds. The molecule has 0 heterocycles. The first-order valence-corrected chi connectivity index (χ1v) is 14.1. The van der Waals surface area contributed by atoms with Crippen LogP contribution in [-0.2, 0) is 0 Å². The summed E-state index contributed by atoms with van der Waals surface area (Å²) >= 11 is 0. The highest BCUT2D eigenvalue weighted by molar-refractivity contribution is 5.35. The molecule has 2 fully saturated rings. The molecule has 2 aliphatic carbocycles. The van der Waals surface area contributed by atoms with Crippen LogP contribution in [0.2, 0.25) is 0 Å². The molecule has 0 saturated heterocycles. The van der Waals surface area contributed by atoms with Gasteiger partial charge in [0.05, 0.1) is 6.61 Å². The van der Waals surface area contributed by atoms with Gasteiger partial charge in [-0.1, -0.05) is 44.8 Å². The van der Waals surface area contributed by atoms with Gasteiger partial charge in [0.1, 0.15) is 12.8 Å². The minimum atomic E-state index is -1.89. The lowest BCUT2D eigenvalue weighted by Crippen LogP contribution is -2.33. The lowest BCUT2D eigenvalue weighted by Gasteiger charge is -2.31. The van der Waals surface area contributed by atoms with Gasteiger partial charge in [0.2, 0.25) is 11.6 Å². The van der Waals surface area contributed by atoms with Gasteiger partial charge in [-0.25, -0.2) is 8.78 Å². The van der Waals surface area contributed by atoms with Crippen molar-refractivity contribution in [3.8, 4) is 11.5 Å². The Bertz CT molecular complexity index is 798. The molecule has 0 radical (unpaired) electrons. The summed E-state index contributed by atoms with van der Waals surface area (Å²) in [4.78, 5) is 0. The zero-order chi connectivity index (χ0) is 25.9. The van der Waals surface area contributed by atoms with Crippen molar-refractivity contribution >= 4 is 0 Å². The summed E-state index contributed by atoms with van der Waals surface area (Å²) in [5.41, 5.74) is 0. The number of benzene rings is 1. The van der Waals surface area contributed by atoms with E-state index in [1.54, 1.807) is 6.92 Å². The van der Waals surface area contributed by atoms with Gasteiger partial charge in [-0.2, -0.15) is 8.78 Å². The fourth-order valence-corrected chi connectivity index (χ4v) is 5.77. The van der Waals surface area contributed by atoms with Crippen LogP contribution in [0.15, 0.2) is 24.3 Å². The molecule has 0 N–H and O–H groups in total. The van der Waals surface area contributed by atoms with Crippen LogP contribution in [0.25, 0.3) is 0 Å². The lowest BCUT2D eigenvalue weighted by atomic mass is 9.77. The van der Waals surface area contributed by atoms with E-state index in [0.29, 0.717) is 24.7 Å². The Kier molecular flexibility index (Phi) is 11.9. The first kappa shape index (κ1) is 28.8. The third-order valence-corrected chi connectivity index (χ3v) is 8.08. The Morgan fingerprint density at radius 3 is 1.92 bits per heavy atom. The Hall–Kier alpha value is -1.72. The van der Waals surface area contributed by atoms with Crippen molar-refractivity contribution in [2.45, 2.75) is 103 Å². The fourth-order valence-electron chi connectivity index (χ4n) is 5.77. The number of alkyl halides is 2. The molecule has 2 aliphatic rings. The van der Waals surface area contributed by atoms with E-state index in [4.69, 9.17) is 9.47 Å². The monoisotopic (exact) mass is 512 g/mol. The van der Waals surface area contributed by atoms with E-state index in [1.807, 2.05) is 0 Å². The second-order valence-electron chi connectivity index (χ2n) is 10.7. The van der Waals surface area contributed by atoms with Crippen LogP contribution in [0.3, 0.4) is 0 Å². The molecule has 1 aromatic rings. The normalized spacial score (nSPS) is 26.6. The molecule has 2 saturated carbocycles. The number of rotatable bonds is 13. The van der Waals surface area contributed by atoms with Crippen LogP contribution in [0.5, 0.6) is 11.5 Å². The first-order chi connectivity index (χ1) is 17.4. The molecule has 3 rings (SSSR count). The van der Waals surface area contributed by atoms with Crippen molar-refractivity contribution < 1.29 is 27.0 Å². The first-order valence-electron chi connectivity index (χ1n) is 14.1. The maximum Gasteiger partial charge on any atom is 0.204 e. The van der Waals surface area contributed by atoms with Gasteiger partial charge in [-0.15, -0.1) is 0 Å². The van der Waals surface area contributed by atoms with Gasteiger partial charge < -0.3 is 9.47 Å². The third kappa shape index (κ3) is 8.41. The van der Waals surface area contributed by atoms with E-state index >= 15 is 0 Å². The number of allylic oxidation sites excluding steroid dienone is 2. The highest BCUT2D eigenvalue weighted by Crippen LogP contribution is 2.37. The van der Waals surface area contributed by atoms with Crippen molar-refractivity contribution in [3.63, 3.8) is 0 Å². The molecule has 0 spiro atoms. The molecule has 2 nitrogen and oxygen atoms in total. The van der Waals surface area contributed by atoms with Crippen LogP contribution in [0.1, 0.15) is 90.9 Å². The maximum atomic E-state index is 14.8. The molecule has 0 aliphatic heterocycles. The predicted octanol–water partition coefficient (Wildman–Crippen LogP) is 9.17. The van der Waals surface area contributed by atoms with Gasteiger partial charge in [0, 0.05) is 0 Å². The number of halogens is 4. The van der Waals surface area contributed by atoms with Crippen molar-refractivity contribution in [2.24, 2.45) is 23.7 Å². The van der Waals surface area contributed by atoms with Crippen molar-refractivity contribution in [2.75, 3.05) is 13.2 Å². The molecule has 2 unspecified atom stereocenters. The number of hydrogen-bond donors (Lipinski definition) is 0. The largest absolute Gasteiger partial charge is 0.491 e. The Morgan fingerprint density at radius 2 is 1.36 bits per heavy atom. The summed E-state index contributed by atoms with van der Waals surface area (Å²) in [6.45, 7) is 3.45. The van der Waals surface area contributed by atoms with Crippen LogP contribution in [-0.4, -0.2) is 25.6 Å². The quantitative estimate of drug-likeness (QED) is 0.149. The topological polar surface area (TPSA) is 18.5 Å². The Labute approximate surface area is 214 Å². The van der Waals surface area contributed by atoms with Gasteiger partial charge in [-0.3, -0.25) is 0 Å². The number of ether oxygens (including phenoxy) is 2. The molecular formula is C30H44F4O2. The standard InChI is InChI=1S/C30H44F4O2/c1-3-5-6-7-21-8-10-22(11-9-21)12-13-23-14-16-24(17-15-23)28(32)25(31)20-36-27-19-18-26(35-4-2)29(33)30(27)34/h12-13,18-19,21-25,28H,3-11,14-17,20H2,1-2H3. The third-order valence-electron chi connectivity index (χ3n) is 8.08. The summed E-state index contributed by atoms with van der Waals surface area (Å²) in [5.74, 6) is -1.47. The predicted molar refractivity (Wildman–Crippen MR) is 137 cm³/mol. The van der Waals surface area contributed by atoms with Gasteiger partial charge >= 0.3 is 0 Å². The summed E-state index contributed by atoms with van der Waals surface area (Å²) in [7, 11) is 0. The average molecular weight is 513 g/mol. The Balaban J connectivity index is 1.37.